The summed E-state index contributed by atoms with van der Waals surface area (Å²) in [5.74, 6) is 0. The Labute approximate surface area is 62.3 Å². The van der Waals surface area contributed by atoms with Gasteiger partial charge in [-0.15, -0.1) is 0 Å². The van der Waals surface area contributed by atoms with Gasteiger partial charge in [0.2, 0.25) is 0 Å². The maximum absolute atomic E-state index is 8.24. The quantitative estimate of drug-likeness (QED) is 0.410. The second-order valence-electron chi connectivity index (χ2n) is 0.0913. The first-order valence-corrected chi connectivity index (χ1v) is 0.428. The summed E-state index contributed by atoms with van der Waals surface area (Å²) in [5, 5.41) is 6.76. The van der Waals surface area contributed by atoms with Crippen LogP contribution in [-0.2, 0) is 4.79 Å². The van der Waals surface area contributed by atoms with Gasteiger partial charge in [0.1, 0.15) is 0 Å². The molecule has 0 saturated heterocycles. The van der Waals surface area contributed by atoms with Gasteiger partial charge in [0.15, 0.2) is 0 Å². The van der Waals surface area contributed by atoms with Crippen LogP contribution >= 0.6 is 0 Å². The van der Waals surface area contributed by atoms with Crippen LogP contribution in [0.2, 0.25) is 0 Å². The van der Waals surface area contributed by atoms with Crippen molar-refractivity contribution in [3.8, 4) is 0 Å². The van der Waals surface area contributed by atoms with Crippen LogP contribution in [0, 0.1) is 46.9 Å². The Morgan fingerprint density at radius 3 is 1.75 bits per heavy atom. The molecule has 0 amide bonds. The molecule has 0 N–H and O–H groups in total. The fourth-order valence-corrected chi connectivity index (χ4v) is 0. The van der Waals surface area contributed by atoms with E-state index >= 15 is 0 Å². The van der Waals surface area contributed by atoms with Crippen molar-refractivity contribution >= 4 is 6.08 Å². The average Bonchev–Trinajstić information content (AvgIpc) is 0.918. The molecule has 0 atom stereocenters. The van der Waals surface area contributed by atoms with E-state index in [0.29, 0.717) is 6.08 Å². The van der Waals surface area contributed by atoms with Gasteiger partial charge in [0, 0.05) is 46.9 Å². The van der Waals surface area contributed by atoms with Crippen molar-refractivity contribution in [2.75, 3.05) is 0 Å². The summed E-state index contributed by atoms with van der Waals surface area (Å²) in [4.78, 5) is 8.24. The summed E-state index contributed by atoms with van der Waals surface area (Å²) < 4.78 is 0. The molecule has 0 aromatic carbocycles. The summed E-state index contributed by atoms with van der Waals surface area (Å²) in [6.07, 6.45) is 0.500. The van der Waals surface area contributed by atoms with E-state index in [9.17, 15) is 0 Å². The molecule has 0 fully saturated rings. The molecule has 0 unspecified atom stereocenters. The number of hydrogen-bond donors (Lipinski definition) is 0. The Kier molecular flexibility index (Phi) is 20.1. The zero-order valence-electron chi connectivity index (χ0n) is 1.62. The molecular weight excluding hydrogens is 215 g/mol. The standard InChI is InChI=1S/CNO.Yb/c2-1-3;/q-1;. The zero-order valence-corrected chi connectivity index (χ0v) is 3.34. The number of rotatable bonds is 0. The van der Waals surface area contributed by atoms with Crippen LogP contribution in [-0.4, -0.2) is 6.08 Å². The third-order valence-electron chi connectivity index (χ3n) is 0. The third-order valence-corrected chi connectivity index (χ3v) is 0. The molecule has 3 heteroatoms. The van der Waals surface area contributed by atoms with Gasteiger partial charge in [-0.25, -0.2) is 0 Å². The molecule has 0 aromatic rings. The van der Waals surface area contributed by atoms with Gasteiger partial charge in [-0.3, -0.25) is 4.79 Å². The van der Waals surface area contributed by atoms with E-state index < -0.39 is 0 Å². The third kappa shape index (κ3) is 12.9. The molecule has 0 aliphatic rings. The van der Waals surface area contributed by atoms with E-state index in [1.165, 1.54) is 0 Å². The first kappa shape index (κ1) is 8.86. The first-order chi connectivity index (χ1) is 1.41. The van der Waals surface area contributed by atoms with Crippen molar-refractivity contribution in [1.82, 2.24) is 0 Å². The van der Waals surface area contributed by atoms with Crippen molar-refractivity contribution in [2.45, 2.75) is 0 Å². The molecule has 0 bridgehead atoms. The van der Waals surface area contributed by atoms with Crippen LogP contribution in [0.4, 0.5) is 0 Å². The van der Waals surface area contributed by atoms with E-state index in [2.05, 4.69) is 0 Å². The van der Waals surface area contributed by atoms with Crippen molar-refractivity contribution < 1.29 is 51.7 Å². The van der Waals surface area contributed by atoms with Gasteiger partial charge in [-0.2, -0.15) is 0 Å². The second-order valence-corrected chi connectivity index (χ2v) is 0.0913. The topological polar surface area (TPSA) is 39.4 Å². The van der Waals surface area contributed by atoms with Crippen LogP contribution in [0.1, 0.15) is 0 Å². The predicted molar refractivity (Wildman–Crippen MR) is 9.05 cm³/mol. The zero-order chi connectivity index (χ0) is 2.71. The van der Waals surface area contributed by atoms with Gasteiger partial charge in [0.05, 0.1) is 0 Å². The molecule has 0 rings (SSSR count). The monoisotopic (exact) mass is 216 g/mol. The minimum atomic E-state index is 0. The Balaban J connectivity index is 0. The molecule has 0 spiro atoms. The van der Waals surface area contributed by atoms with Crippen molar-refractivity contribution in [3.05, 3.63) is 5.41 Å². The van der Waals surface area contributed by atoms with Crippen LogP contribution in [0.3, 0.4) is 0 Å². The predicted octanol–water partition coefficient (Wildman–Crippen LogP) is -0.108. The molecule has 4 heavy (non-hydrogen) atoms. The number of isocyanates is 1. The largest absolute Gasteiger partial charge is 0.724 e. The second kappa shape index (κ2) is 9.09. The summed E-state index contributed by atoms with van der Waals surface area (Å²) in [6, 6.07) is 0. The molecule has 0 aromatic heterocycles. The Hall–Kier alpha value is 0.899. The molecule has 30 valence electrons. The molecule has 0 aliphatic carbocycles. The van der Waals surface area contributed by atoms with Crippen molar-refractivity contribution in [2.24, 2.45) is 0 Å². The van der Waals surface area contributed by atoms with Crippen molar-refractivity contribution in [1.29, 1.82) is 0 Å². The minimum Gasteiger partial charge on any atom is -0.724 e. The van der Waals surface area contributed by atoms with E-state index in [1.54, 1.807) is 0 Å². The van der Waals surface area contributed by atoms with E-state index in [1.807, 2.05) is 0 Å². The Bertz CT molecular complexity index is 29.0. The van der Waals surface area contributed by atoms with E-state index in [0.717, 1.165) is 0 Å². The van der Waals surface area contributed by atoms with Gasteiger partial charge in [0.25, 0.3) is 0 Å². The summed E-state index contributed by atoms with van der Waals surface area (Å²) in [6.45, 7) is 0. The van der Waals surface area contributed by atoms with Gasteiger partial charge >= 0.3 is 0 Å². The van der Waals surface area contributed by atoms with Crippen molar-refractivity contribution in [3.63, 3.8) is 0 Å². The summed E-state index contributed by atoms with van der Waals surface area (Å²) in [7, 11) is 0. The maximum atomic E-state index is 8.24. The van der Waals surface area contributed by atoms with Crippen LogP contribution in [0.15, 0.2) is 0 Å². The van der Waals surface area contributed by atoms with Crippen LogP contribution in [0.5, 0.6) is 0 Å². The smallest absolute Gasteiger partial charge is 0 e. The molecule has 0 aliphatic heterocycles. The van der Waals surface area contributed by atoms with E-state index in [-0.39, 0.29) is 46.9 Å². The Morgan fingerprint density at radius 1 is 1.75 bits per heavy atom. The molecule has 0 heterocycles. The summed E-state index contributed by atoms with van der Waals surface area (Å²) >= 11 is 0. The normalized spacial score (nSPS) is 2.00. The summed E-state index contributed by atoms with van der Waals surface area (Å²) in [5.41, 5.74) is 0. The van der Waals surface area contributed by atoms with Gasteiger partial charge < -0.3 is 5.41 Å². The fraction of sp³-hybridized carbons (Fsp3) is 0. The Morgan fingerprint density at radius 2 is 1.75 bits per heavy atom. The molecule has 0 radical (unpaired) electrons. The average molecular weight is 215 g/mol. The molecule has 0 saturated carbocycles. The van der Waals surface area contributed by atoms with Gasteiger partial charge in [-0.05, 0) is 6.08 Å². The van der Waals surface area contributed by atoms with E-state index in [4.69, 9.17) is 10.2 Å². The number of hydrogen-bond acceptors (Lipinski definition) is 1. The van der Waals surface area contributed by atoms with Crippen LogP contribution in [0.25, 0.3) is 5.41 Å². The van der Waals surface area contributed by atoms with Crippen LogP contribution < -0.4 is 0 Å². The molecular formula is CNOYb-. The maximum Gasteiger partial charge on any atom is 0 e. The minimum absolute atomic E-state index is 0. The molecule has 2 nitrogen and oxygen atoms in total. The number of carbonyl (C=O) groups excluding carboxylic acids is 1. The fourth-order valence-electron chi connectivity index (χ4n) is 0. The SMILES string of the molecule is [N-]=C=O.[Yb]. The van der Waals surface area contributed by atoms with Gasteiger partial charge in [-0.1, -0.05) is 0 Å². The first-order valence-electron chi connectivity index (χ1n) is 0.428. The number of nitrogens with zero attached hydrogens (tertiary/aromatic N) is 1.